The number of rotatable bonds is 4. The summed E-state index contributed by atoms with van der Waals surface area (Å²) in [7, 11) is 0. The lowest BCUT2D eigenvalue weighted by Crippen LogP contribution is -2.35. The van der Waals surface area contributed by atoms with Gasteiger partial charge in [0.1, 0.15) is 5.04 Å². The minimum atomic E-state index is -0.387. The minimum Gasteiger partial charge on any atom is -0.317 e. The Morgan fingerprint density at radius 1 is 1.16 bits per heavy atom. The number of hydrogen-bond donors (Lipinski definition) is 1. The first-order chi connectivity index (χ1) is 14.7. The summed E-state index contributed by atoms with van der Waals surface area (Å²) in [6, 6.07) is 8.33. The Morgan fingerprint density at radius 3 is 2.48 bits per heavy atom. The Bertz CT molecular complexity index is 1180. The lowest BCUT2D eigenvalue weighted by atomic mass is 10.1. The zero-order valence-electron chi connectivity index (χ0n) is 18.8. The van der Waals surface area contributed by atoms with E-state index in [4.69, 9.17) is 5.41 Å². The molecule has 7 heteroatoms. The molecule has 0 fully saturated rings. The summed E-state index contributed by atoms with van der Waals surface area (Å²) in [5.41, 5.74) is 6.82. The highest BCUT2D eigenvalue weighted by Gasteiger charge is 2.35. The Kier molecular flexibility index (Phi) is 5.47. The zero-order chi connectivity index (χ0) is 22.4. The summed E-state index contributed by atoms with van der Waals surface area (Å²) in [4.78, 5) is 17.0. The van der Waals surface area contributed by atoms with Gasteiger partial charge in [0.15, 0.2) is 5.84 Å². The van der Waals surface area contributed by atoms with Gasteiger partial charge in [-0.05, 0) is 74.2 Å². The van der Waals surface area contributed by atoms with Crippen LogP contribution in [-0.2, 0) is 4.79 Å². The maximum atomic E-state index is 12.8. The number of carbonyl (C=O) groups excluding carboxylic acids is 1. The summed E-state index contributed by atoms with van der Waals surface area (Å²) >= 11 is 1.38. The van der Waals surface area contributed by atoms with E-state index >= 15 is 0 Å². The topological polar surface area (TPSA) is 73.8 Å². The van der Waals surface area contributed by atoms with Crippen LogP contribution < -0.4 is 0 Å². The number of nitrogens with one attached hydrogen (secondary N) is 1. The van der Waals surface area contributed by atoms with Crippen LogP contribution in [0.3, 0.4) is 0 Å². The molecule has 2 aromatic rings. The molecule has 1 amide bonds. The fourth-order valence-corrected chi connectivity index (χ4v) is 5.15. The van der Waals surface area contributed by atoms with E-state index in [2.05, 4.69) is 73.5 Å². The summed E-state index contributed by atoms with van der Waals surface area (Å²) in [5, 5.41) is 16.0. The first kappa shape index (κ1) is 21.3. The quantitative estimate of drug-likeness (QED) is 0.658. The number of carbonyl (C=O) groups is 1. The summed E-state index contributed by atoms with van der Waals surface area (Å²) in [6.07, 6.45) is 2.58. The average molecular weight is 434 g/mol. The fraction of sp³-hybridized carbons (Fsp3) is 0.333. The van der Waals surface area contributed by atoms with E-state index in [1.807, 2.05) is 6.92 Å². The lowest BCUT2D eigenvalue weighted by molar-refractivity contribution is -0.114. The van der Waals surface area contributed by atoms with E-state index < -0.39 is 0 Å². The molecule has 0 aliphatic carbocycles. The number of aromatic nitrogens is 1. The van der Waals surface area contributed by atoms with Crippen molar-refractivity contribution in [2.24, 2.45) is 16.0 Å². The number of amidine groups is 2. The number of fused-ring (bicyclic) bond motifs is 1. The molecule has 160 valence electrons. The van der Waals surface area contributed by atoms with E-state index in [0.29, 0.717) is 11.1 Å². The van der Waals surface area contributed by atoms with E-state index in [-0.39, 0.29) is 17.3 Å². The number of hydrazone groups is 1. The molecule has 1 N–H and O–H groups in total. The first-order valence-electron chi connectivity index (χ1n) is 10.4. The molecule has 2 aliphatic heterocycles. The Hall–Kier alpha value is -2.93. The van der Waals surface area contributed by atoms with E-state index in [0.717, 1.165) is 34.1 Å². The van der Waals surface area contributed by atoms with Gasteiger partial charge in [0.25, 0.3) is 5.91 Å². The van der Waals surface area contributed by atoms with Gasteiger partial charge < -0.3 is 4.57 Å². The molecule has 0 spiro atoms. The SMILES string of the molecule is Cc1cccc(C)c1-n1c(C)cc(/C=C2\C(=N)N3N=C(CC(C)C)SC3=NC2=O)c1C. The molecular weight excluding hydrogens is 406 g/mol. The number of amides is 1. The number of aliphatic imine (C=N–C) groups is 1. The largest absolute Gasteiger partial charge is 0.317 e. The van der Waals surface area contributed by atoms with Crippen LogP contribution in [0.15, 0.2) is 39.9 Å². The predicted octanol–water partition coefficient (Wildman–Crippen LogP) is 5.38. The molecule has 0 unspecified atom stereocenters. The van der Waals surface area contributed by atoms with Gasteiger partial charge in [-0.3, -0.25) is 10.2 Å². The van der Waals surface area contributed by atoms with Crippen molar-refractivity contribution in [3.8, 4) is 5.69 Å². The smallest absolute Gasteiger partial charge is 0.283 e. The van der Waals surface area contributed by atoms with Crippen molar-refractivity contribution in [3.63, 3.8) is 0 Å². The number of hydrogen-bond acceptors (Lipinski definition) is 4. The fourth-order valence-electron chi connectivity index (χ4n) is 4.06. The number of benzene rings is 1. The van der Waals surface area contributed by atoms with Gasteiger partial charge in [0, 0.05) is 17.8 Å². The molecule has 6 nitrogen and oxygen atoms in total. The minimum absolute atomic E-state index is 0.0816. The van der Waals surface area contributed by atoms with Crippen LogP contribution in [0.2, 0.25) is 0 Å². The van der Waals surface area contributed by atoms with Crippen LogP contribution in [0.4, 0.5) is 0 Å². The van der Waals surface area contributed by atoms with Crippen LogP contribution in [0.5, 0.6) is 0 Å². The van der Waals surface area contributed by atoms with Crippen LogP contribution in [0.25, 0.3) is 11.8 Å². The van der Waals surface area contributed by atoms with Crippen LogP contribution in [-0.4, -0.2) is 31.5 Å². The van der Waals surface area contributed by atoms with Crippen molar-refractivity contribution in [2.75, 3.05) is 0 Å². The van der Waals surface area contributed by atoms with Gasteiger partial charge in [-0.1, -0.05) is 32.0 Å². The molecule has 4 rings (SSSR count). The third-order valence-electron chi connectivity index (χ3n) is 5.51. The highest BCUT2D eigenvalue weighted by Crippen LogP contribution is 2.32. The van der Waals surface area contributed by atoms with Gasteiger partial charge >= 0.3 is 0 Å². The molecule has 0 saturated carbocycles. The second kappa shape index (κ2) is 7.96. The van der Waals surface area contributed by atoms with Gasteiger partial charge in [0.05, 0.1) is 11.3 Å². The van der Waals surface area contributed by atoms with Gasteiger partial charge in [-0.2, -0.15) is 15.1 Å². The van der Waals surface area contributed by atoms with Crippen molar-refractivity contribution < 1.29 is 4.79 Å². The predicted molar refractivity (Wildman–Crippen MR) is 129 cm³/mol. The number of para-hydroxylation sites is 1. The molecule has 3 heterocycles. The Balaban J connectivity index is 1.74. The number of nitrogens with zero attached hydrogens (tertiary/aromatic N) is 4. The standard InChI is InChI=1S/C24H27N5OS/c1-13(2)10-20-27-29-22(25)19(23(30)26-24(29)31-20)12-18-11-16(5)28(17(18)6)21-14(3)8-7-9-15(21)4/h7-9,11-13,25H,10H2,1-6H3/b19-12+,25-22?. The van der Waals surface area contributed by atoms with Crippen molar-refractivity contribution >= 4 is 39.8 Å². The number of aryl methyl sites for hydroxylation is 3. The van der Waals surface area contributed by atoms with Crippen molar-refractivity contribution in [3.05, 3.63) is 57.9 Å². The normalized spacial score (nSPS) is 17.5. The molecule has 1 aromatic carbocycles. The second-order valence-electron chi connectivity index (χ2n) is 8.51. The molecule has 0 bridgehead atoms. The summed E-state index contributed by atoms with van der Waals surface area (Å²) in [6.45, 7) is 12.6. The van der Waals surface area contributed by atoms with E-state index in [9.17, 15) is 4.79 Å². The number of thioether (sulfide) groups is 1. The second-order valence-corrected chi connectivity index (χ2v) is 9.55. The third kappa shape index (κ3) is 3.78. The highest BCUT2D eigenvalue weighted by molar-refractivity contribution is 8.26. The van der Waals surface area contributed by atoms with Gasteiger partial charge in [-0.15, -0.1) is 0 Å². The maximum absolute atomic E-state index is 12.8. The van der Waals surface area contributed by atoms with E-state index in [1.54, 1.807) is 6.08 Å². The van der Waals surface area contributed by atoms with Gasteiger partial charge in [-0.25, -0.2) is 0 Å². The van der Waals surface area contributed by atoms with Gasteiger partial charge in [0.2, 0.25) is 5.17 Å². The molecule has 0 atom stereocenters. The highest BCUT2D eigenvalue weighted by atomic mass is 32.2. The van der Waals surface area contributed by atoms with Crippen molar-refractivity contribution in [1.29, 1.82) is 5.41 Å². The van der Waals surface area contributed by atoms with E-state index in [1.165, 1.54) is 27.9 Å². The Labute approximate surface area is 187 Å². The third-order valence-corrected chi connectivity index (χ3v) is 6.44. The molecule has 31 heavy (non-hydrogen) atoms. The van der Waals surface area contributed by atoms with Crippen LogP contribution in [0.1, 0.15) is 48.3 Å². The summed E-state index contributed by atoms with van der Waals surface area (Å²) in [5.74, 6) is 0.142. The molecule has 1 aromatic heterocycles. The first-order valence-corrected chi connectivity index (χ1v) is 11.2. The molecule has 0 saturated heterocycles. The molecule has 0 radical (unpaired) electrons. The van der Waals surface area contributed by atoms with Crippen LogP contribution >= 0.6 is 11.8 Å². The van der Waals surface area contributed by atoms with Crippen molar-refractivity contribution in [1.82, 2.24) is 9.58 Å². The van der Waals surface area contributed by atoms with Crippen molar-refractivity contribution in [2.45, 2.75) is 48.0 Å². The average Bonchev–Trinajstić information content (AvgIpc) is 3.19. The van der Waals surface area contributed by atoms with Crippen LogP contribution in [0, 0.1) is 39.0 Å². The molecular formula is C24H27N5OS. The maximum Gasteiger partial charge on any atom is 0.283 e. The molecule has 2 aliphatic rings. The Morgan fingerprint density at radius 2 is 1.84 bits per heavy atom. The lowest BCUT2D eigenvalue weighted by Gasteiger charge is -2.20. The monoisotopic (exact) mass is 433 g/mol. The zero-order valence-corrected chi connectivity index (χ0v) is 19.6. The summed E-state index contributed by atoms with van der Waals surface area (Å²) < 4.78 is 2.22.